The highest BCUT2D eigenvalue weighted by molar-refractivity contribution is 5.82. The summed E-state index contributed by atoms with van der Waals surface area (Å²) in [4.78, 5) is 12.3. The van der Waals surface area contributed by atoms with Crippen LogP contribution >= 0.6 is 0 Å². The molecule has 0 bridgehead atoms. The fraction of sp³-hybridized carbons (Fsp3) is 0.0667. The lowest BCUT2D eigenvalue weighted by Crippen LogP contribution is -2.24. The Morgan fingerprint density at radius 2 is 1.95 bits per heavy atom. The predicted octanol–water partition coefficient (Wildman–Crippen LogP) is 2.60. The van der Waals surface area contributed by atoms with Crippen molar-refractivity contribution in [3.8, 4) is 0 Å². The average Bonchev–Trinajstić information content (AvgIpc) is 2.47. The fourth-order valence-electron chi connectivity index (χ4n) is 1.79. The molecule has 0 aliphatic rings. The fourth-order valence-corrected chi connectivity index (χ4v) is 1.79. The Balaban J connectivity index is 2.11. The maximum absolute atomic E-state index is 13.2. The van der Waals surface area contributed by atoms with Gasteiger partial charge in [0.1, 0.15) is 5.82 Å². The number of hydrazone groups is 1. The average molecular weight is 286 g/mol. The molecule has 2 aromatic rings. The Morgan fingerprint density at radius 1 is 1.24 bits per heavy atom. The number of halogens is 1. The molecule has 2 aromatic carbocycles. The van der Waals surface area contributed by atoms with Crippen LogP contribution < -0.4 is 16.1 Å². The minimum atomic E-state index is -0.714. The van der Waals surface area contributed by atoms with Crippen LogP contribution in [-0.4, -0.2) is 19.3 Å². The van der Waals surface area contributed by atoms with Crippen LogP contribution in [0.15, 0.2) is 53.6 Å². The zero-order valence-corrected chi connectivity index (χ0v) is 11.5. The highest BCUT2D eigenvalue weighted by Gasteiger charge is 2.04. The molecule has 0 spiro atoms. The molecule has 2 amide bonds. The van der Waals surface area contributed by atoms with Crippen molar-refractivity contribution < 1.29 is 9.18 Å². The number of nitrogens with zero attached hydrogens (tertiary/aromatic N) is 2. The summed E-state index contributed by atoms with van der Waals surface area (Å²) in [6.07, 6.45) is 1.48. The number of nitrogens with two attached hydrogens (primary N) is 1. The molecular weight excluding hydrogens is 271 g/mol. The monoisotopic (exact) mass is 286 g/mol. The molecule has 6 heteroatoms. The second-order valence-corrected chi connectivity index (χ2v) is 4.36. The number of rotatable bonds is 4. The van der Waals surface area contributed by atoms with Crippen LogP contribution in [0.4, 0.5) is 20.6 Å². The van der Waals surface area contributed by atoms with Crippen LogP contribution in [0.2, 0.25) is 0 Å². The van der Waals surface area contributed by atoms with Crippen molar-refractivity contribution >= 4 is 23.6 Å². The van der Waals surface area contributed by atoms with Gasteiger partial charge in [0.25, 0.3) is 0 Å². The van der Waals surface area contributed by atoms with E-state index < -0.39 is 6.03 Å². The number of carbonyl (C=O) groups is 1. The highest BCUT2D eigenvalue weighted by atomic mass is 19.1. The van der Waals surface area contributed by atoms with Crippen LogP contribution in [-0.2, 0) is 0 Å². The van der Waals surface area contributed by atoms with Crippen molar-refractivity contribution in [1.82, 2.24) is 5.43 Å². The summed E-state index contributed by atoms with van der Waals surface area (Å²) >= 11 is 0. The summed E-state index contributed by atoms with van der Waals surface area (Å²) in [5.74, 6) is -0.277. The number of benzene rings is 2. The van der Waals surface area contributed by atoms with E-state index in [9.17, 15) is 9.18 Å². The molecular formula is C15H15FN4O. The van der Waals surface area contributed by atoms with Crippen LogP contribution in [0.25, 0.3) is 0 Å². The van der Waals surface area contributed by atoms with Crippen LogP contribution in [0.5, 0.6) is 0 Å². The first-order chi connectivity index (χ1) is 10.1. The van der Waals surface area contributed by atoms with E-state index in [0.29, 0.717) is 0 Å². The molecule has 108 valence electrons. The standard InChI is InChI=1S/C15H15FN4O/c1-20(14-4-2-3-12(16)9-14)13-7-5-11(6-8-13)10-18-19-15(17)21/h2-10H,1H3,(H3,17,19,21). The number of nitrogens with one attached hydrogen (secondary N) is 1. The third kappa shape index (κ3) is 4.04. The maximum atomic E-state index is 13.2. The molecule has 2 rings (SSSR count). The molecule has 3 N–H and O–H groups in total. The summed E-state index contributed by atoms with van der Waals surface area (Å²) in [5, 5.41) is 3.67. The van der Waals surface area contributed by atoms with Gasteiger partial charge < -0.3 is 10.6 Å². The minimum Gasteiger partial charge on any atom is -0.350 e. The number of hydrogen-bond donors (Lipinski definition) is 2. The van der Waals surface area contributed by atoms with Gasteiger partial charge in [0.05, 0.1) is 6.21 Å². The Morgan fingerprint density at radius 3 is 2.57 bits per heavy atom. The van der Waals surface area contributed by atoms with Crippen LogP contribution in [0, 0.1) is 5.82 Å². The normalized spacial score (nSPS) is 10.6. The number of amides is 2. The minimum absolute atomic E-state index is 0.277. The first kappa shape index (κ1) is 14.5. The van der Waals surface area contributed by atoms with Crippen molar-refractivity contribution in [2.45, 2.75) is 0 Å². The SMILES string of the molecule is CN(c1ccc(C=NNC(N)=O)cc1)c1cccc(F)c1. The van der Waals surface area contributed by atoms with E-state index >= 15 is 0 Å². The first-order valence-electron chi connectivity index (χ1n) is 6.24. The molecule has 0 aliphatic carbocycles. The number of hydrogen-bond acceptors (Lipinski definition) is 3. The Hall–Kier alpha value is -2.89. The molecule has 0 aromatic heterocycles. The molecule has 21 heavy (non-hydrogen) atoms. The summed E-state index contributed by atoms with van der Waals surface area (Å²) in [6, 6.07) is 13.1. The smallest absolute Gasteiger partial charge is 0.332 e. The molecule has 0 aliphatic heterocycles. The van der Waals surface area contributed by atoms with Gasteiger partial charge in [0.2, 0.25) is 0 Å². The number of primary amides is 1. The molecule has 0 heterocycles. The highest BCUT2D eigenvalue weighted by Crippen LogP contribution is 2.23. The first-order valence-corrected chi connectivity index (χ1v) is 6.24. The second kappa shape index (κ2) is 6.51. The van der Waals surface area contributed by atoms with Crippen LogP contribution in [0.1, 0.15) is 5.56 Å². The van der Waals surface area contributed by atoms with Gasteiger partial charge in [-0.3, -0.25) is 0 Å². The second-order valence-electron chi connectivity index (χ2n) is 4.36. The van der Waals surface area contributed by atoms with Crippen LogP contribution in [0.3, 0.4) is 0 Å². The third-order valence-corrected chi connectivity index (χ3v) is 2.86. The van der Waals surface area contributed by atoms with E-state index in [0.717, 1.165) is 16.9 Å². The van der Waals surface area contributed by atoms with E-state index in [2.05, 4.69) is 10.5 Å². The lowest BCUT2D eigenvalue weighted by atomic mass is 10.2. The van der Waals surface area contributed by atoms with E-state index in [-0.39, 0.29) is 5.82 Å². The number of carbonyl (C=O) groups excluding carboxylic acids is 1. The van der Waals surface area contributed by atoms with E-state index in [1.165, 1.54) is 18.3 Å². The number of urea groups is 1. The zero-order valence-electron chi connectivity index (χ0n) is 11.5. The van der Waals surface area contributed by atoms with Crippen molar-refractivity contribution in [3.05, 3.63) is 59.9 Å². The quantitative estimate of drug-likeness (QED) is 0.670. The maximum Gasteiger partial charge on any atom is 0.332 e. The predicted molar refractivity (Wildman–Crippen MR) is 81.2 cm³/mol. The molecule has 0 atom stereocenters. The van der Waals surface area contributed by atoms with Crippen molar-refractivity contribution in [1.29, 1.82) is 0 Å². The molecule has 0 unspecified atom stereocenters. The summed E-state index contributed by atoms with van der Waals surface area (Å²) in [5.41, 5.74) is 9.48. The van der Waals surface area contributed by atoms with Gasteiger partial charge in [-0.2, -0.15) is 5.10 Å². The van der Waals surface area contributed by atoms with Gasteiger partial charge in [-0.05, 0) is 35.9 Å². The van der Waals surface area contributed by atoms with E-state index in [1.54, 1.807) is 6.07 Å². The third-order valence-electron chi connectivity index (χ3n) is 2.86. The van der Waals surface area contributed by atoms with E-state index in [4.69, 9.17) is 5.73 Å². The lowest BCUT2D eigenvalue weighted by molar-refractivity contribution is 0.249. The largest absolute Gasteiger partial charge is 0.350 e. The molecule has 0 radical (unpaired) electrons. The zero-order chi connectivity index (χ0) is 15.2. The van der Waals surface area contributed by atoms with Gasteiger partial charge in [0, 0.05) is 18.4 Å². The van der Waals surface area contributed by atoms with Gasteiger partial charge >= 0.3 is 6.03 Å². The number of anilines is 2. The Bertz CT molecular complexity index is 655. The van der Waals surface area contributed by atoms with Crippen molar-refractivity contribution in [3.63, 3.8) is 0 Å². The lowest BCUT2D eigenvalue weighted by Gasteiger charge is -2.19. The van der Waals surface area contributed by atoms with Gasteiger partial charge in [-0.25, -0.2) is 14.6 Å². The van der Waals surface area contributed by atoms with Gasteiger partial charge in [0.15, 0.2) is 0 Å². The van der Waals surface area contributed by atoms with Gasteiger partial charge in [-0.1, -0.05) is 18.2 Å². The molecule has 0 fully saturated rings. The summed E-state index contributed by atoms with van der Waals surface area (Å²) in [7, 11) is 1.85. The topological polar surface area (TPSA) is 70.7 Å². The van der Waals surface area contributed by atoms with E-state index in [1.807, 2.05) is 42.3 Å². The summed E-state index contributed by atoms with van der Waals surface area (Å²) in [6.45, 7) is 0. The Labute approximate surface area is 121 Å². The van der Waals surface area contributed by atoms with Crippen molar-refractivity contribution in [2.24, 2.45) is 10.8 Å². The van der Waals surface area contributed by atoms with Crippen molar-refractivity contribution in [2.75, 3.05) is 11.9 Å². The molecule has 5 nitrogen and oxygen atoms in total. The molecule has 0 saturated carbocycles. The Kier molecular flexibility index (Phi) is 4.50. The van der Waals surface area contributed by atoms with Gasteiger partial charge in [-0.15, -0.1) is 0 Å². The summed E-state index contributed by atoms with van der Waals surface area (Å²) < 4.78 is 13.2. The molecule has 0 saturated heterocycles.